The number of methoxy groups -OCH3 is 3. The number of para-hydroxylation sites is 1. The molecule has 6 aliphatic rings. The predicted octanol–water partition coefficient (Wildman–Crippen LogP) is 2.96. The quantitative estimate of drug-likeness (QED) is 0.156. The number of H-pyrrole nitrogens is 1. The molecule has 0 radical (unpaired) electrons. The van der Waals surface area contributed by atoms with Gasteiger partial charge in [0.2, 0.25) is 5.60 Å². The van der Waals surface area contributed by atoms with Crippen LogP contribution in [0.5, 0.6) is 5.75 Å². The highest BCUT2D eigenvalue weighted by molar-refractivity contribution is 5.95. The molecule has 1 spiro atoms. The number of nitrogens with one attached hydrogen (secondary N) is 1. The van der Waals surface area contributed by atoms with Gasteiger partial charge in [-0.15, -0.1) is 0 Å². The van der Waals surface area contributed by atoms with E-state index < -0.39 is 69.5 Å². The van der Waals surface area contributed by atoms with Gasteiger partial charge in [0.25, 0.3) is 0 Å². The summed E-state index contributed by atoms with van der Waals surface area (Å²) in [4.78, 5) is 52.9. The van der Waals surface area contributed by atoms with Crippen LogP contribution in [0.4, 0.5) is 5.69 Å². The second-order valence-corrected chi connectivity index (χ2v) is 18.2. The zero-order valence-corrected chi connectivity index (χ0v) is 35.6. The topological polar surface area (TPSA) is 174 Å². The molecule has 2 aromatic carbocycles. The summed E-state index contributed by atoms with van der Waals surface area (Å²) in [5.41, 5.74) is -2.91. The lowest BCUT2D eigenvalue weighted by Crippen LogP contribution is -2.81. The van der Waals surface area contributed by atoms with Crippen molar-refractivity contribution >= 4 is 34.5 Å². The molecule has 2 saturated heterocycles. The van der Waals surface area contributed by atoms with Crippen molar-refractivity contribution in [2.45, 2.75) is 99.2 Å². The van der Waals surface area contributed by atoms with Crippen molar-refractivity contribution in [3.05, 3.63) is 70.9 Å². The summed E-state index contributed by atoms with van der Waals surface area (Å²) in [6.45, 7) is 7.73. The Morgan fingerprint density at radius 3 is 2.40 bits per heavy atom. The highest BCUT2D eigenvalue weighted by Crippen LogP contribution is 2.68. The molecule has 2 bridgehead atoms. The molecule has 3 fully saturated rings. The number of ether oxygens (including phenoxy) is 4. The molecule has 322 valence electrons. The van der Waals surface area contributed by atoms with E-state index in [2.05, 4.69) is 14.8 Å². The number of aliphatic hydroxyl groups is 3. The normalized spacial score (nSPS) is 37.8. The van der Waals surface area contributed by atoms with E-state index in [0.29, 0.717) is 81.1 Å². The first kappa shape index (κ1) is 40.9. The van der Waals surface area contributed by atoms with Crippen LogP contribution in [0.3, 0.4) is 0 Å². The molecule has 4 N–H and O–H groups in total. The number of rotatable bonds is 7. The molecular formula is C46H58N4O10. The Kier molecular flexibility index (Phi) is 9.57. The van der Waals surface area contributed by atoms with Crippen LogP contribution in [0.15, 0.2) is 48.6 Å². The van der Waals surface area contributed by atoms with Crippen molar-refractivity contribution < 1.29 is 48.7 Å². The first-order valence-electron chi connectivity index (χ1n) is 21.3. The molecule has 1 aliphatic carbocycles. The minimum absolute atomic E-state index is 0.0682. The maximum absolute atomic E-state index is 15.3. The molecule has 1 aromatic heterocycles. The molecular weight excluding hydrogens is 769 g/mol. The monoisotopic (exact) mass is 826 g/mol. The third-order valence-corrected chi connectivity index (χ3v) is 15.8. The molecule has 60 heavy (non-hydrogen) atoms. The van der Waals surface area contributed by atoms with E-state index in [1.54, 1.807) is 7.11 Å². The standard InChI is InChI=1S/C46H58N4O10/c1-8-42-16-12-18-50-20-17-44(37(42)50)30-21-31(34(57-5)22-33(30)48(4)38(44)46(56,41(54)59-7)39(42)60-26(3)51)45(40(53)58-6)23-27-24-49(25-43(55,9-2)36(27)52)19-15-29-28-13-10-11-14-32(28)47-35(29)45/h10-14,16,21-22,27,36-39,47,52,55-56H,8-9,15,17-20,23-25H2,1-7H3/t27-,36+,37-,38+,39+,42+,43+,44+,45-,46-/m0/s1. The molecule has 9 rings (SSSR count). The van der Waals surface area contributed by atoms with Crippen molar-refractivity contribution in [1.29, 1.82) is 0 Å². The van der Waals surface area contributed by atoms with Crippen molar-refractivity contribution in [1.82, 2.24) is 14.8 Å². The predicted molar refractivity (Wildman–Crippen MR) is 222 cm³/mol. The van der Waals surface area contributed by atoms with E-state index in [1.165, 1.54) is 21.1 Å². The number of esters is 3. The number of carbonyl (C=O) groups is 3. The van der Waals surface area contributed by atoms with Gasteiger partial charge in [-0.05, 0) is 61.9 Å². The third kappa shape index (κ3) is 5.08. The number of likely N-dealkylation sites (N-methyl/N-ethyl adjacent to an activating group) is 1. The molecule has 11 atom stereocenters. The Hall–Kier alpha value is -4.47. The number of aliphatic hydroxyl groups excluding tert-OH is 1. The molecule has 5 aliphatic heterocycles. The lowest BCUT2D eigenvalue weighted by atomic mass is 9.47. The van der Waals surface area contributed by atoms with Gasteiger partial charge >= 0.3 is 17.9 Å². The Morgan fingerprint density at radius 2 is 1.72 bits per heavy atom. The zero-order valence-electron chi connectivity index (χ0n) is 35.6. The number of piperidine rings is 1. The Morgan fingerprint density at radius 1 is 0.967 bits per heavy atom. The van der Waals surface area contributed by atoms with Gasteiger partial charge in [0.1, 0.15) is 16.8 Å². The highest BCUT2D eigenvalue weighted by Gasteiger charge is 2.80. The fourth-order valence-corrected chi connectivity index (χ4v) is 13.5. The second kappa shape index (κ2) is 14.0. The first-order chi connectivity index (χ1) is 28.7. The van der Waals surface area contributed by atoms with Gasteiger partial charge in [-0.2, -0.15) is 0 Å². The number of carbonyl (C=O) groups excluding carboxylic acids is 3. The number of hydrogen-bond acceptors (Lipinski definition) is 13. The van der Waals surface area contributed by atoms with Crippen LogP contribution in [0.1, 0.15) is 68.8 Å². The number of nitrogens with zero attached hydrogens (tertiary/aromatic N) is 3. The van der Waals surface area contributed by atoms with Gasteiger partial charge in [0.15, 0.2) is 6.10 Å². The number of aromatic amines is 1. The summed E-state index contributed by atoms with van der Waals surface area (Å²) in [6, 6.07) is 10.6. The van der Waals surface area contributed by atoms with Gasteiger partial charge in [0, 0.05) is 96.9 Å². The summed E-state index contributed by atoms with van der Waals surface area (Å²) in [5, 5.41) is 38.4. The van der Waals surface area contributed by atoms with Crippen LogP contribution in [0.2, 0.25) is 0 Å². The molecule has 0 amide bonds. The van der Waals surface area contributed by atoms with E-state index in [-0.39, 0.29) is 12.5 Å². The van der Waals surface area contributed by atoms with Crippen LogP contribution >= 0.6 is 0 Å². The number of benzene rings is 2. The van der Waals surface area contributed by atoms with Gasteiger partial charge in [-0.25, -0.2) is 4.79 Å². The first-order valence-corrected chi connectivity index (χ1v) is 21.3. The highest BCUT2D eigenvalue weighted by atomic mass is 16.6. The molecule has 1 saturated carbocycles. The van der Waals surface area contributed by atoms with Crippen molar-refractivity contribution in [3.8, 4) is 5.75 Å². The smallest absolute Gasteiger partial charge is 0.344 e. The van der Waals surface area contributed by atoms with Crippen molar-refractivity contribution in [3.63, 3.8) is 0 Å². The Bertz CT molecular complexity index is 2290. The Labute approximate surface area is 350 Å². The van der Waals surface area contributed by atoms with E-state index in [4.69, 9.17) is 18.9 Å². The van der Waals surface area contributed by atoms with Crippen LogP contribution in [-0.2, 0) is 45.8 Å². The zero-order chi connectivity index (χ0) is 42.7. The van der Waals surface area contributed by atoms with Gasteiger partial charge in [-0.3, -0.25) is 19.4 Å². The fraction of sp³-hybridized carbons (Fsp3) is 0.587. The maximum Gasteiger partial charge on any atom is 0.344 e. The van der Waals surface area contributed by atoms with Gasteiger partial charge < -0.3 is 44.2 Å². The molecule has 14 heteroatoms. The van der Waals surface area contributed by atoms with E-state index in [0.717, 1.165) is 22.0 Å². The lowest BCUT2D eigenvalue weighted by Gasteiger charge is -2.63. The van der Waals surface area contributed by atoms with Crippen molar-refractivity contribution in [2.24, 2.45) is 11.3 Å². The van der Waals surface area contributed by atoms with E-state index >= 15 is 4.79 Å². The maximum atomic E-state index is 15.3. The van der Waals surface area contributed by atoms with Crippen LogP contribution in [0.25, 0.3) is 10.9 Å². The average molecular weight is 827 g/mol. The average Bonchev–Trinajstić information content (AvgIpc) is 3.91. The van der Waals surface area contributed by atoms with E-state index in [9.17, 15) is 24.9 Å². The van der Waals surface area contributed by atoms with Crippen LogP contribution in [-0.4, -0.2) is 145 Å². The third-order valence-electron chi connectivity index (χ3n) is 15.8. The number of anilines is 1. The summed E-state index contributed by atoms with van der Waals surface area (Å²) >= 11 is 0. The number of fused-ring (bicyclic) bond motifs is 6. The summed E-state index contributed by atoms with van der Waals surface area (Å²) in [6.07, 6.45) is 3.51. The largest absolute Gasteiger partial charge is 0.496 e. The summed E-state index contributed by atoms with van der Waals surface area (Å²) in [5.74, 6) is -2.29. The molecule has 1 unspecified atom stereocenters. The fourth-order valence-electron chi connectivity index (χ4n) is 13.5. The van der Waals surface area contributed by atoms with Crippen LogP contribution < -0.4 is 9.64 Å². The van der Waals surface area contributed by atoms with Gasteiger partial charge in [-0.1, -0.05) is 44.2 Å². The summed E-state index contributed by atoms with van der Waals surface area (Å²) < 4.78 is 23.8. The minimum Gasteiger partial charge on any atom is -0.496 e. The second-order valence-electron chi connectivity index (χ2n) is 18.2. The van der Waals surface area contributed by atoms with Crippen LogP contribution in [0, 0.1) is 11.3 Å². The molecule has 6 heterocycles. The minimum atomic E-state index is -2.34. The number of aromatic nitrogens is 1. The number of hydrogen-bond donors (Lipinski definition) is 4. The lowest BCUT2D eigenvalue weighted by molar-refractivity contribution is -0.228. The van der Waals surface area contributed by atoms with Crippen molar-refractivity contribution in [2.75, 3.05) is 66.0 Å². The SMILES string of the molecule is CC[C@@]1(O)CN2CCc3c([nH]c4ccccc34)[C@@](C(=O)OC)(c3cc4c(cc3OC)N(C)[C@H]3[C@@](O)(C(=O)OC)[C@H](OC(C)=O)[C@]5(CC)C=CCN6CC[C@]43[C@@H]65)C[C@@H](C2)[C@H]1O. The van der Waals surface area contributed by atoms with E-state index in [1.807, 2.05) is 74.3 Å². The molecule has 3 aromatic rings. The Balaban J connectivity index is 1.37. The summed E-state index contributed by atoms with van der Waals surface area (Å²) in [7, 11) is 6.00. The molecule has 14 nitrogen and oxygen atoms in total. The van der Waals surface area contributed by atoms with Gasteiger partial charge in [0.05, 0.1) is 33.5 Å².